The molecule has 0 aliphatic rings. The van der Waals surface area contributed by atoms with E-state index in [0.717, 1.165) is 6.42 Å². The molecule has 2 rings (SSSR count). The second kappa shape index (κ2) is 5.83. The van der Waals surface area contributed by atoms with Crippen molar-refractivity contribution in [1.82, 2.24) is 9.97 Å². The molecule has 7 heteroatoms. The van der Waals surface area contributed by atoms with E-state index < -0.39 is 5.56 Å². The molecule has 0 atom stereocenters. The molecule has 0 radical (unpaired) electrons. The van der Waals surface area contributed by atoms with Gasteiger partial charge in [0.15, 0.2) is 5.82 Å². The summed E-state index contributed by atoms with van der Waals surface area (Å²) >= 11 is 5.98. The third kappa shape index (κ3) is 2.85. The Morgan fingerprint density at radius 3 is 2.80 bits per heavy atom. The van der Waals surface area contributed by atoms with Crippen LogP contribution in [0.25, 0.3) is 11.4 Å². The van der Waals surface area contributed by atoms with Gasteiger partial charge in [-0.1, -0.05) is 18.5 Å². The number of nitrogens with one attached hydrogen (secondary N) is 1. The Bertz CT molecular complexity index is 685. The maximum atomic E-state index is 11.7. The SMILES string of the molecule is CCCOc1ccc(Cl)cc1-c1nc(N)c(N)c(=O)[nH]1. The number of hydrogen-bond acceptors (Lipinski definition) is 5. The molecule has 1 aromatic heterocycles. The molecule has 106 valence electrons. The molecule has 0 saturated heterocycles. The van der Waals surface area contributed by atoms with E-state index in [1.165, 1.54) is 0 Å². The molecule has 5 N–H and O–H groups in total. The molecule has 0 fully saturated rings. The van der Waals surface area contributed by atoms with Gasteiger partial charge in [0.1, 0.15) is 17.3 Å². The molecule has 0 unspecified atom stereocenters. The van der Waals surface area contributed by atoms with Crippen LogP contribution in [0.5, 0.6) is 5.75 Å². The van der Waals surface area contributed by atoms with Crippen LogP contribution in [0.3, 0.4) is 0 Å². The van der Waals surface area contributed by atoms with Gasteiger partial charge in [-0.25, -0.2) is 4.98 Å². The number of aromatic nitrogens is 2. The summed E-state index contributed by atoms with van der Waals surface area (Å²) in [6.45, 7) is 2.54. The number of nitrogens with zero attached hydrogens (tertiary/aromatic N) is 1. The third-order valence-electron chi connectivity index (χ3n) is 2.64. The van der Waals surface area contributed by atoms with Gasteiger partial charge in [0, 0.05) is 5.02 Å². The van der Waals surface area contributed by atoms with Gasteiger partial charge >= 0.3 is 0 Å². The van der Waals surface area contributed by atoms with Gasteiger partial charge in [-0.2, -0.15) is 0 Å². The van der Waals surface area contributed by atoms with Crippen LogP contribution in [0, 0.1) is 0 Å². The molecular weight excluding hydrogens is 280 g/mol. The second-order valence-corrected chi connectivity index (χ2v) is 4.64. The van der Waals surface area contributed by atoms with E-state index in [4.69, 9.17) is 27.8 Å². The van der Waals surface area contributed by atoms with Crippen LogP contribution in [-0.2, 0) is 0 Å². The van der Waals surface area contributed by atoms with E-state index >= 15 is 0 Å². The van der Waals surface area contributed by atoms with Crippen LogP contribution in [0.15, 0.2) is 23.0 Å². The molecule has 1 heterocycles. The number of halogens is 1. The first-order chi connectivity index (χ1) is 9.52. The molecule has 1 aromatic carbocycles. The smallest absolute Gasteiger partial charge is 0.276 e. The number of benzene rings is 1. The van der Waals surface area contributed by atoms with Crippen LogP contribution < -0.4 is 21.8 Å². The molecule has 0 bridgehead atoms. The maximum absolute atomic E-state index is 11.7. The van der Waals surface area contributed by atoms with Crippen molar-refractivity contribution in [1.29, 1.82) is 0 Å². The lowest BCUT2D eigenvalue weighted by Gasteiger charge is -2.11. The minimum absolute atomic E-state index is 0.0230. The minimum atomic E-state index is -0.492. The zero-order valence-corrected chi connectivity index (χ0v) is 11.7. The monoisotopic (exact) mass is 294 g/mol. The number of hydrogen-bond donors (Lipinski definition) is 3. The van der Waals surface area contributed by atoms with Crippen molar-refractivity contribution in [3.8, 4) is 17.1 Å². The summed E-state index contributed by atoms with van der Waals surface area (Å²) in [7, 11) is 0. The Kier molecular flexibility index (Phi) is 4.14. The van der Waals surface area contributed by atoms with Crippen LogP contribution in [0.4, 0.5) is 11.5 Å². The highest BCUT2D eigenvalue weighted by atomic mass is 35.5. The molecule has 0 saturated carbocycles. The Morgan fingerprint density at radius 2 is 2.15 bits per heavy atom. The van der Waals surface area contributed by atoms with Crippen LogP contribution in [-0.4, -0.2) is 16.6 Å². The average molecular weight is 295 g/mol. The van der Waals surface area contributed by atoms with Crippen molar-refractivity contribution in [3.05, 3.63) is 33.6 Å². The highest BCUT2D eigenvalue weighted by Crippen LogP contribution is 2.30. The van der Waals surface area contributed by atoms with Gasteiger partial charge in [0.2, 0.25) is 0 Å². The average Bonchev–Trinajstić information content (AvgIpc) is 2.43. The number of H-pyrrole nitrogens is 1. The van der Waals surface area contributed by atoms with Gasteiger partial charge < -0.3 is 21.2 Å². The highest BCUT2D eigenvalue weighted by Gasteiger charge is 2.12. The topological polar surface area (TPSA) is 107 Å². The van der Waals surface area contributed by atoms with Crippen molar-refractivity contribution in [2.45, 2.75) is 13.3 Å². The van der Waals surface area contributed by atoms with E-state index in [0.29, 0.717) is 22.9 Å². The number of anilines is 2. The first-order valence-electron chi connectivity index (χ1n) is 6.11. The third-order valence-corrected chi connectivity index (χ3v) is 2.88. The summed E-state index contributed by atoms with van der Waals surface area (Å²) in [4.78, 5) is 18.3. The first kappa shape index (κ1) is 14.2. The molecule has 0 spiro atoms. The number of rotatable bonds is 4. The van der Waals surface area contributed by atoms with Crippen LogP contribution in [0.1, 0.15) is 13.3 Å². The zero-order valence-electron chi connectivity index (χ0n) is 10.9. The summed E-state index contributed by atoms with van der Waals surface area (Å²) in [6.07, 6.45) is 0.857. The fourth-order valence-corrected chi connectivity index (χ4v) is 1.82. The normalized spacial score (nSPS) is 10.5. The Balaban J connectivity index is 2.56. The van der Waals surface area contributed by atoms with Gasteiger partial charge in [0.05, 0.1) is 12.2 Å². The molecule has 0 aliphatic carbocycles. The molecule has 0 amide bonds. The summed E-state index contributed by atoms with van der Waals surface area (Å²) in [5.74, 6) is 0.823. The summed E-state index contributed by atoms with van der Waals surface area (Å²) in [5, 5.41) is 0.502. The van der Waals surface area contributed by atoms with Crippen molar-refractivity contribution >= 4 is 23.1 Å². The van der Waals surface area contributed by atoms with Crippen LogP contribution in [0.2, 0.25) is 5.02 Å². The fraction of sp³-hybridized carbons (Fsp3) is 0.231. The van der Waals surface area contributed by atoms with E-state index in [2.05, 4.69) is 9.97 Å². The van der Waals surface area contributed by atoms with Crippen molar-refractivity contribution in [2.75, 3.05) is 18.1 Å². The van der Waals surface area contributed by atoms with Gasteiger partial charge in [-0.15, -0.1) is 0 Å². The highest BCUT2D eigenvalue weighted by molar-refractivity contribution is 6.30. The number of nitrogen functional groups attached to an aromatic ring is 2. The van der Waals surface area contributed by atoms with E-state index in [1.807, 2.05) is 6.92 Å². The lowest BCUT2D eigenvalue weighted by molar-refractivity contribution is 0.318. The fourth-order valence-electron chi connectivity index (χ4n) is 1.65. The summed E-state index contributed by atoms with van der Waals surface area (Å²) in [6, 6.07) is 5.08. The van der Waals surface area contributed by atoms with Crippen molar-refractivity contribution in [3.63, 3.8) is 0 Å². The number of aromatic amines is 1. The van der Waals surface area contributed by atoms with Gasteiger partial charge in [-0.3, -0.25) is 4.79 Å². The van der Waals surface area contributed by atoms with Crippen LogP contribution >= 0.6 is 11.6 Å². The predicted molar refractivity (Wildman–Crippen MR) is 79.9 cm³/mol. The van der Waals surface area contributed by atoms with Crippen molar-refractivity contribution < 1.29 is 4.74 Å². The lowest BCUT2D eigenvalue weighted by atomic mass is 10.2. The maximum Gasteiger partial charge on any atom is 0.276 e. The predicted octanol–water partition coefficient (Wildman–Crippen LogP) is 2.04. The zero-order chi connectivity index (χ0) is 14.7. The molecular formula is C13H15ClN4O2. The lowest BCUT2D eigenvalue weighted by Crippen LogP contribution is -2.17. The van der Waals surface area contributed by atoms with E-state index in [-0.39, 0.29) is 17.3 Å². The molecule has 0 aliphatic heterocycles. The molecule has 20 heavy (non-hydrogen) atoms. The van der Waals surface area contributed by atoms with Crippen molar-refractivity contribution in [2.24, 2.45) is 0 Å². The van der Waals surface area contributed by atoms with Gasteiger partial charge in [-0.05, 0) is 24.6 Å². The summed E-state index contributed by atoms with van der Waals surface area (Å²) < 4.78 is 5.61. The van der Waals surface area contributed by atoms with Gasteiger partial charge in [0.25, 0.3) is 5.56 Å². The Hall–Kier alpha value is -2.21. The minimum Gasteiger partial charge on any atom is -0.493 e. The van der Waals surface area contributed by atoms with E-state index in [9.17, 15) is 4.79 Å². The molecule has 2 aromatic rings. The quantitative estimate of drug-likeness (QED) is 0.800. The summed E-state index contributed by atoms with van der Waals surface area (Å²) in [5.41, 5.74) is 11.1. The Morgan fingerprint density at radius 1 is 1.40 bits per heavy atom. The second-order valence-electron chi connectivity index (χ2n) is 4.20. The van der Waals surface area contributed by atoms with E-state index in [1.54, 1.807) is 18.2 Å². The molecule has 6 nitrogen and oxygen atoms in total. The standard InChI is InChI=1S/C13H15ClN4O2/c1-2-5-20-9-4-3-7(14)6-8(9)12-17-11(16)10(15)13(19)18-12/h3-4,6H,2,5,15H2,1H3,(H3,16,17,18,19). The number of nitrogens with two attached hydrogens (primary N) is 2. The number of ether oxygens (including phenoxy) is 1. The largest absolute Gasteiger partial charge is 0.493 e. The first-order valence-corrected chi connectivity index (χ1v) is 6.48. The Labute approximate surface area is 120 Å².